The van der Waals surface area contributed by atoms with Gasteiger partial charge in [0.15, 0.2) is 0 Å². The largest absolute Gasteiger partial charge is 0.399 e. The van der Waals surface area contributed by atoms with E-state index in [0.29, 0.717) is 11.4 Å². The van der Waals surface area contributed by atoms with Gasteiger partial charge in [0.1, 0.15) is 5.69 Å². The van der Waals surface area contributed by atoms with Gasteiger partial charge in [-0.2, -0.15) is 0 Å². The van der Waals surface area contributed by atoms with Crippen LogP contribution >= 0.6 is 0 Å². The summed E-state index contributed by atoms with van der Waals surface area (Å²) in [4.78, 5) is 12.7. The highest BCUT2D eigenvalue weighted by Crippen LogP contribution is 2.20. The summed E-state index contributed by atoms with van der Waals surface area (Å²) in [5.41, 5.74) is 7.70. The summed E-state index contributed by atoms with van der Waals surface area (Å²) in [5, 5.41) is 2.91. The lowest BCUT2D eigenvalue weighted by Crippen LogP contribution is -2.35. The third kappa shape index (κ3) is 2.77. The number of ether oxygens (including phenoxy) is 1. The molecule has 5 heteroatoms. The minimum Gasteiger partial charge on any atom is -0.399 e. The Labute approximate surface area is 94.2 Å². The van der Waals surface area contributed by atoms with E-state index in [0.717, 1.165) is 38.4 Å². The van der Waals surface area contributed by atoms with Gasteiger partial charge < -0.3 is 10.5 Å². The second-order valence-corrected chi connectivity index (χ2v) is 3.91. The van der Waals surface area contributed by atoms with Crippen LogP contribution in [0.1, 0.15) is 5.56 Å². The first-order valence-corrected chi connectivity index (χ1v) is 5.31. The van der Waals surface area contributed by atoms with Crippen molar-refractivity contribution in [3.63, 3.8) is 0 Å². The first-order chi connectivity index (χ1) is 7.78. The average molecular weight is 221 g/mol. The predicted octanol–water partition coefficient (Wildman–Crippen LogP) is 1.50. The third-order valence-corrected chi connectivity index (χ3v) is 2.62. The molecule has 1 aromatic carbocycles. The molecule has 1 aliphatic rings. The minimum atomic E-state index is 0.392. The Morgan fingerprint density at radius 3 is 2.75 bits per heavy atom. The van der Waals surface area contributed by atoms with Crippen molar-refractivity contribution in [3.05, 3.63) is 28.7 Å². The summed E-state index contributed by atoms with van der Waals surface area (Å²) < 4.78 is 5.27. The molecule has 1 fully saturated rings. The van der Waals surface area contributed by atoms with Crippen LogP contribution in [0.25, 0.3) is 0 Å². The molecule has 0 aliphatic carbocycles. The zero-order valence-corrected chi connectivity index (χ0v) is 9.06. The molecule has 0 bridgehead atoms. The highest BCUT2D eigenvalue weighted by Gasteiger charge is 2.11. The van der Waals surface area contributed by atoms with Gasteiger partial charge in [-0.15, -0.1) is 4.91 Å². The maximum absolute atomic E-state index is 10.5. The van der Waals surface area contributed by atoms with Gasteiger partial charge >= 0.3 is 0 Å². The lowest BCUT2D eigenvalue weighted by Gasteiger charge is -2.26. The number of hydrogen-bond acceptors (Lipinski definition) is 5. The number of anilines is 1. The Kier molecular flexibility index (Phi) is 3.48. The van der Waals surface area contributed by atoms with Crippen LogP contribution in [-0.2, 0) is 11.3 Å². The first kappa shape index (κ1) is 11.0. The summed E-state index contributed by atoms with van der Waals surface area (Å²) in [6.45, 7) is 4.15. The van der Waals surface area contributed by atoms with Gasteiger partial charge in [0.2, 0.25) is 0 Å². The summed E-state index contributed by atoms with van der Waals surface area (Å²) in [7, 11) is 0. The molecule has 2 N–H and O–H groups in total. The van der Waals surface area contributed by atoms with Crippen molar-refractivity contribution in [2.24, 2.45) is 5.18 Å². The van der Waals surface area contributed by atoms with Gasteiger partial charge in [0, 0.05) is 25.3 Å². The molecule has 1 heterocycles. The molecular formula is C11H15N3O2. The number of nitrogens with two attached hydrogens (primary N) is 1. The van der Waals surface area contributed by atoms with Crippen molar-refractivity contribution in [2.45, 2.75) is 6.54 Å². The van der Waals surface area contributed by atoms with Crippen molar-refractivity contribution in [1.82, 2.24) is 4.90 Å². The summed E-state index contributed by atoms with van der Waals surface area (Å²) in [6.07, 6.45) is 0. The first-order valence-electron chi connectivity index (χ1n) is 5.31. The summed E-state index contributed by atoms with van der Waals surface area (Å²) >= 11 is 0. The third-order valence-electron chi connectivity index (χ3n) is 2.62. The fourth-order valence-electron chi connectivity index (χ4n) is 1.86. The fourth-order valence-corrected chi connectivity index (χ4v) is 1.86. The Bertz CT molecular complexity index is 375. The van der Waals surface area contributed by atoms with Crippen LogP contribution in [0.5, 0.6) is 0 Å². The van der Waals surface area contributed by atoms with Gasteiger partial charge in [-0.3, -0.25) is 4.90 Å². The molecule has 0 amide bonds. The fraction of sp³-hybridized carbons (Fsp3) is 0.455. The predicted molar refractivity (Wildman–Crippen MR) is 62.4 cm³/mol. The molecule has 0 unspecified atom stereocenters. The Morgan fingerprint density at radius 2 is 2.06 bits per heavy atom. The number of nitrogen functional groups attached to an aromatic ring is 1. The van der Waals surface area contributed by atoms with Crippen molar-refractivity contribution in [3.8, 4) is 0 Å². The number of nitroso groups, excluding NO2 is 1. The summed E-state index contributed by atoms with van der Waals surface area (Å²) in [6, 6.07) is 5.23. The number of hydrogen-bond donors (Lipinski definition) is 1. The van der Waals surface area contributed by atoms with Crippen LogP contribution < -0.4 is 5.73 Å². The second kappa shape index (κ2) is 5.05. The molecule has 0 spiro atoms. The van der Waals surface area contributed by atoms with E-state index < -0.39 is 0 Å². The molecule has 5 nitrogen and oxygen atoms in total. The monoisotopic (exact) mass is 221 g/mol. The van der Waals surface area contributed by atoms with Crippen molar-refractivity contribution in [1.29, 1.82) is 0 Å². The van der Waals surface area contributed by atoms with Gasteiger partial charge in [-0.25, -0.2) is 0 Å². The molecule has 16 heavy (non-hydrogen) atoms. The van der Waals surface area contributed by atoms with Gasteiger partial charge in [-0.1, -0.05) is 0 Å². The molecular weight excluding hydrogens is 206 g/mol. The smallest absolute Gasteiger partial charge is 0.110 e. The SMILES string of the molecule is Nc1cc(CN2CCOCC2)cc(N=O)c1. The Hall–Kier alpha value is -1.46. The minimum absolute atomic E-state index is 0.392. The van der Waals surface area contributed by atoms with Gasteiger partial charge in [-0.05, 0) is 28.9 Å². The quantitative estimate of drug-likeness (QED) is 0.620. The molecule has 2 rings (SSSR count). The zero-order chi connectivity index (χ0) is 11.4. The Morgan fingerprint density at radius 1 is 1.31 bits per heavy atom. The maximum atomic E-state index is 10.5. The van der Waals surface area contributed by atoms with Gasteiger partial charge in [0.25, 0.3) is 0 Å². The highest BCUT2D eigenvalue weighted by atomic mass is 16.5. The van der Waals surface area contributed by atoms with Crippen molar-refractivity contribution >= 4 is 11.4 Å². The van der Waals surface area contributed by atoms with Crippen molar-refractivity contribution in [2.75, 3.05) is 32.0 Å². The van der Waals surface area contributed by atoms with E-state index in [1.807, 2.05) is 6.07 Å². The van der Waals surface area contributed by atoms with Crippen LogP contribution in [0.4, 0.5) is 11.4 Å². The van der Waals surface area contributed by atoms with E-state index >= 15 is 0 Å². The molecule has 0 radical (unpaired) electrons. The van der Waals surface area contributed by atoms with E-state index in [4.69, 9.17) is 10.5 Å². The maximum Gasteiger partial charge on any atom is 0.110 e. The van der Waals surface area contributed by atoms with E-state index in [9.17, 15) is 4.91 Å². The number of morpholine rings is 1. The molecule has 0 saturated carbocycles. The standard InChI is InChI=1S/C11H15N3O2/c12-10-5-9(6-11(7-10)13-15)8-14-1-3-16-4-2-14/h5-7H,1-4,8,12H2. The van der Waals surface area contributed by atoms with E-state index in [1.54, 1.807) is 12.1 Å². The molecule has 0 aromatic heterocycles. The van der Waals surface area contributed by atoms with Crippen LogP contribution in [0.2, 0.25) is 0 Å². The molecule has 1 saturated heterocycles. The average Bonchev–Trinajstić information content (AvgIpc) is 2.29. The molecule has 86 valence electrons. The lowest BCUT2D eigenvalue weighted by molar-refractivity contribution is 0.0342. The van der Waals surface area contributed by atoms with Crippen LogP contribution in [0.3, 0.4) is 0 Å². The van der Waals surface area contributed by atoms with E-state index in [2.05, 4.69) is 10.1 Å². The normalized spacial score (nSPS) is 17.2. The van der Waals surface area contributed by atoms with E-state index in [-0.39, 0.29) is 0 Å². The zero-order valence-electron chi connectivity index (χ0n) is 9.06. The van der Waals surface area contributed by atoms with Crippen LogP contribution in [-0.4, -0.2) is 31.2 Å². The van der Waals surface area contributed by atoms with Crippen molar-refractivity contribution < 1.29 is 4.74 Å². The topological polar surface area (TPSA) is 67.9 Å². The molecule has 1 aromatic rings. The highest BCUT2D eigenvalue weighted by molar-refractivity contribution is 5.53. The lowest BCUT2D eigenvalue weighted by atomic mass is 10.1. The second-order valence-electron chi connectivity index (χ2n) is 3.91. The Balaban J connectivity index is 2.07. The summed E-state index contributed by atoms with van der Waals surface area (Å²) in [5.74, 6) is 0. The number of benzene rings is 1. The number of rotatable bonds is 3. The van der Waals surface area contributed by atoms with Crippen LogP contribution in [0.15, 0.2) is 23.4 Å². The molecule has 1 aliphatic heterocycles. The van der Waals surface area contributed by atoms with Crippen LogP contribution in [0, 0.1) is 4.91 Å². The van der Waals surface area contributed by atoms with Gasteiger partial charge in [0.05, 0.1) is 13.2 Å². The van der Waals surface area contributed by atoms with E-state index in [1.165, 1.54) is 0 Å². The molecule has 0 atom stereocenters. The number of nitrogens with zero attached hydrogens (tertiary/aromatic N) is 2.